The summed E-state index contributed by atoms with van der Waals surface area (Å²) in [5.74, 6) is 12.5. The Morgan fingerprint density at radius 3 is 1.14 bits per heavy atom. The van der Waals surface area contributed by atoms with Crippen LogP contribution in [0, 0.1) is 88.1 Å². The summed E-state index contributed by atoms with van der Waals surface area (Å²) in [5.41, 5.74) is 0.551. The van der Waals surface area contributed by atoms with E-state index in [4.69, 9.17) is 16.1 Å². The molecule has 0 aromatic carbocycles. The van der Waals surface area contributed by atoms with Gasteiger partial charge in [0.05, 0.1) is 12.3 Å². The number of carbonyl (C=O) groups excluding carboxylic acids is 1. The molecule has 0 aliphatic heterocycles. The first kappa shape index (κ1) is 76.7. The average molecular weight is 793 g/mol. The summed E-state index contributed by atoms with van der Waals surface area (Å²) in [7, 11) is 0. The number of rotatable bonds is 2. The van der Waals surface area contributed by atoms with Crippen LogP contribution in [-0.2, 0) is 21.3 Å². The number of hydrogen-bond donors (Lipinski definition) is 5. The average Bonchev–Trinajstić information content (AvgIpc) is 2.20. The Kier molecular flexibility index (Phi) is 290. The summed E-state index contributed by atoms with van der Waals surface area (Å²) in [6.45, 7) is 2.61. The molecule has 0 spiro atoms. The number of ketones is 1. The summed E-state index contributed by atoms with van der Waals surface area (Å²) in [5, 5.41) is 19.1. The monoisotopic (exact) mass is 792 g/mol. The predicted molar refractivity (Wildman–Crippen MR) is 74.8 cm³/mol. The fourth-order valence-electron chi connectivity index (χ4n) is 0.0408. The van der Waals surface area contributed by atoms with Crippen molar-refractivity contribution in [2.24, 2.45) is 22.6 Å². The van der Waals surface area contributed by atoms with Crippen molar-refractivity contribution in [2.75, 3.05) is 13.2 Å². The van der Waals surface area contributed by atoms with Crippen molar-refractivity contribution in [3.8, 4) is 0 Å². The van der Waals surface area contributed by atoms with E-state index < -0.39 is 0 Å². The molecule has 0 aliphatic rings. The van der Waals surface area contributed by atoms with Gasteiger partial charge in [0.1, 0.15) is 6.61 Å². The molecule has 136 valence electrons. The van der Waals surface area contributed by atoms with Crippen LogP contribution in [0.1, 0.15) is 28.7 Å². The molecule has 0 unspecified atom stereocenters. The second-order valence-corrected chi connectivity index (χ2v) is 1.88. The Labute approximate surface area is 209 Å². The number of hydrogen-bond acceptors (Lipinski definition) is 7. The van der Waals surface area contributed by atoms with Gasteiger partial charge in [-0.1, -0.05) is 14.9 Å². The second kappa shape index (κ2) is 79.4. The van der Waals surface area contributed by atoms with Gasteiger partial charge < -0.3 is 32.5 Å². The maximum absolute atomic E-state index is 9.56. The minimum Gasteiger partial charge on any atom is -0.412 e. The maximum Gasteiger partial charge on any atom is 0.155 e. The molecule has 0 heterocycles. The van der Waals surface area contributed by atoms with Crippen molar-refractivity contribution in [2.45, 2.75) is 28.7 Å². The molecule has 0 fully saturated rings. The van der Waals surface area contributed by atoms with Crippen LogP contribution in [0.5, 0.6) is 0 Å². The Balaban J connectivity index is -0.00000000707. The van der Waals surface area contributed by atoms with Gasteiger partial charge in [0.2, 0.25) is 0 Å². The first-order valence-corrected chi connectivity index (χ1v) is 3.36. The Bertz CT molecular complexity index is 161. The number of aliphatic hydroxyl groups excluding tert-OH is 2. The minimum atomic E-state index is -0.333. The number of Topliss-reactive ketones (excluding diaryl/α,β-unsaturated/α-hetero) is 1. The number of nitrogens with zero attached hydrogens (tertiary/aromatic N) is 1. The fraction of sp³-hybridized carbons (Fsp3) is 0.750. The van der Waals surface area contributed by atoms with E-state index in [1.54, 1.807) is 6.92 Å². The molecule has 0 aromatic rings. The van der Waals surface area contributed by atoms with Gasteiger partial charge in [-0.15, -0.1) is 0 Å². The Hall–Kier alpha value is 2.24. The molecule has 10 nitrogen and oxygen atoms in total. The van der Waals surface area contributed by atoms with Crippen LogP contribution in [0.15, 0.2) is 5.10 Å². The summed E-state index contributed by atoms with van der Waals surface area (Å²) >= 11 is 0. The zero-order chi connectivity index (χ0) is 11.3. The third-order valence-corrected chi connectivity index (χ3v) is 0.672. The largest absolute Gasteiger partial charge is 0.412 e. The standard InChI is InChI=1S/C3H8N2O.C3H6O2.2CH4.2Ac.H4N2.Ni.3H2O/c1-3(2-6)5-4;1-3(5)2-4;;;;;1-2;;;;/h6H,2,4H2,1H3;4H,2H2,1H3;2*1H4;;;1-2H2;;3*1H2/b5-3-;;;;;;;;;;. The number of hydrazone groups is 1. The fourth-order valence-corrected chi connectivity index (χ4v) is 0.0408. The van der Waals surface area contributed by atoms with E-state index in [0.29, 0.717) is 5.71 Å². The van der Waals surface area contributed by atoms with Gasteiger partial charge >= 0.3 is 0 Å². The van der Waals surface area contributed by atoms with E-state index in [2.05, 4.69) is 16.8 Å². The molecule has 0 aliphatic carbocycles. The SMILES string of the molecule is C.C.C/C(CO)=N/N.CC(=O)CO.NN.O.O.O.[Ac].[Ac].[Ni]. The van der Waals surface area contributed by atoms with Crippen molar-refractivity contribution in [1.82, 2.24) is 0 Å². The van der Waals surface area contributed by atoms with Crippen LogP contribution in [0.25, 0.3) is 0 Å². The van der Waals surface area contributed by atoms with E-state index in [1.807, 2.05) is 0 Å². The van der Waals surface area contributed by atoms with Crippen LogP contribution < -0.4 is 17.5 Å². The second-order valence-electron chi connectivity index (χ2n) is 1.88. The molecule has 0 bridgehead atoms. The molecule has 2 radical (unpaired) electrons. The van der Waals surface area contributed by atoms with Crippen LogP contribution in [0.3, 0.4) is 0 Å². The number of nitrogens with two attached hydrogens (primary N) is 3. The number of hydrazine groups is 1. The third kappa shape index (κ3) is 134. The molecule has 0 rings (SSSR count). The first-order chi connectivity index (χ1) is 6.08. The molecule has 0 amide bonds. The van der Waals surface area contributed by atoms with Crippen LogP contribution >= 0.6 is 0 Å². The summed E-state index contributed by atoms with van der Waals surface area (Å²) in [4.78, 5) is 9.56. The van der Waals surface area contributed by atoms with Gasteiger partial charge in [0.15, 0.2) is 5.78 Å². The number of aliphatic hydroxyl groups is 2. The molecule has 0 saturated carbocycles. The molecule has 14 N–H and O–H groups in total. The molecular weight excluding hydrogens is 761 g/mol. The molecule has 0 atom stereocenters. The van der Waals surface area contributed by atoms with Crippen molar-refractivity contribution in [3.63, 3.8) is 0 Å². The van der Waals surface area contributed by atoms with Gasteiger partial charge in [-0.3, -0.25) is 16.5 Å². The Morgan fingerprint density at radius 1 is 0.952 bits per heavy atom. The van der Waals surface area contributed by atoms with Gasteiger partial charge in [0.25, 0.3) is 0 Å². The normalized spacial score (nSPS) is 5.52. The summed E-state index contributed by atoms with van der Waals surface area (Å²) in [6, 6.07) is 0. The van der Waals surface area contributed by atoms with E-state index in [0.717, 1.165) is 0 Å². The topological polar surface area (TPSA) is 242 Å². The van der Waals surface area contributed by atoms with Crippen molar-refractivity contribution in [1.29, 1.82) is 0 Å². The minimum absolute atomic E-state index is 0. The van der Waals surface area contributed by atoms with Gasteiger partial charge in [-0.05, 0) is 13.8 Å². The van der Waals surface area contributed by atoms with Gasteiger partial charge in [-0.2, -0.15) is 5.10 Å². The molecule has 21 heavy (non-hydrogen) atoms. The van der Waals surface area contributed by atoms with Crippen LogP contribution in [0.2, 0.25) is 0 Å². The zero-order valence-corrected chi connectivity index (χ0v) is 21.3. The maximum atomic E-state index is 9.56. The third-order valence-electron chi connectivity index (χ3n) is 0.672. The summed E-state index contributed by atoms with van der Waals surface area (Å²) < 4.78 is 0. The van der Waals surface area contributed by atoms with Gasteiger partial charge in [0, 0.05) is 105 Å². The molecule has 0 aromatic heterocycles. The van der Waals surface area contributed by atoms with E-state index in [1.165, 1.54) is 6.92 Å². The van der Waals surface area contributed by atoms with Crippen molar-refractivity contribution >= 4 is 11.5 Å². The zero-order valence-electron chi connectivity index (χ0n) is 10.9. The quantitative estimate of drug-likeness (QED) is 0.0822. The van der Waals surface area contributed by atoms with E-state index >= 15 is 0 Å². The Morgan fingerprint density at radius 2 is 1.14 bits per heavy atom. The smallest absolute Gasteiger partial charge is 0.155 e. The van der Waals surface area contributed by atoms with Gasteiger partial charge in [-0.25, -0.2) is 0 Å². The molecule has 13 heteroatoms. The summed E-state index contributed by atoms with van der Waals surface area (Å²) in [6.07, 6.45) is 0. The van der Waals surface area contributed by atoms with E-state index in [-0.39, 0.29) is 155 Å². The molecule has 0 saturated heterocycles. The van der Waals surface area contributed by atoms with Crippen LogP contribution in [-0.4, -0.2) is 51.4 Å². The van der Waals surface area contributed by atoms with E-state index in [9.17, 15) is 4.79 Å². The molecular formula is C8H32Ac2N4NiO6. The first-order valence-electron chi connectivity index (χ1n) is 3.36. The van der Waals surface area contributed by atoms with Crippen molar-refractivity contribution in [3.05, 3.63) is 0 Å². The van der Waals surface area contributed by atoms with Crippen molar-refractivity contribution < 1.29 is 136 Å². The van der Waals surface area contributed by atoms with Crippen LogP contribution in [0.4, 0.5) is 0 Å². The number of carbonyl (C=O) groups is 1. The predicted octanol–water partition coefficient (Wildman–Crippen LogP) is -3.50.